The normalized spacial score (nSPS) is 9.50. The van der Waals surface area contributed by atoms with Gasteiger partial charge in [0.1, 0.15) is 11.9 Å². The number of hydrogen-bond donors (Lipinski definition) is 3. The zero-order valence-corrected chi connectivity index (χ0v) is 15.2. The summed E-state index contributed by atoms with van der Waals surface area (Å²) in [6.07, 6.45) is 0. The summed E-state index contributed by atoms with van der Waals surface area (Å²) < 4.78 is 4.51. The Morgan fingerprint density at radius 2 is 1.88 bits per heavy atom. The molecule has 134 valence electrons. The van der Waals surface area contributed by atoms with Crippen LogP contribution < -0.4 is 10.7 Å². The van der Waals surface area contributed by atoms with Gasteiger partial charge < -0.3 is 15.2 Å². The van der Waals surface area contributed by atoms with E-state index in [9.17, 15) is 14.4 Å². The Morgan fingerprint density at radius 3 is 2.33 bits per heavy atom. The van der Waals surface area contributed by atoms with Crippen LogP contribution in [-0.4, -0.2) is 53.6 Å². The van der Waals surface area contributed by atoms with Crippen molar-refractivity contribution in [1.82, 2.24) is 15.8 Å². The predicted molar refractivity (Wildman–Crippen MR) is 92.5 cm³/mol. The molecule has 9 heteroatoms. The monoisotopic (exact) mass is 403 g/mol. The number of urea groups is 1. The van der Waals surface area contributed by atoms with Gasteiger partial charge in [-0.1, -0.05) is 46.3 Å². The first-order valence-corrected chi connectivity index (χ1v) is 8.24. The molecule has 3 N–H and O–H groups in total. The van der Waals surface area contributed by atoms with Crippen molar-refractivity contribution in [2.24, 2.45) is 0 Å². The topological polar surface area (TPSA) is 108 Å². The highest BCUT2D eigenvalue weighted by Gasteiger charge is 2.07. The second kappa shape index (κ2) is 13.3. The largest absolute Gasteiger partial charge is 0.480 e. The number of nitrogens with one attached hydrogen (secondary N) is 2. The summed E-state index contributed by atoms with van der Waals surface area (Å²) in [6.45, 7) is 2.39. The van der Waals surface area contributed by atoms with E-state index in [4.69, 9.17) is 5.11 Å². The lowest BCUT2D eigenvalue weighted by Crippen LogP contribution is -2.46. The van der Waals surface area contributed by atoms with Gasteiger partial charge in [0.25, 0.3) is 0 Å². The Balaban J connectivity index is 0.000000640. The standard InChI is InChI=1S/C11H15N3O3.C4H7BrO2/c1-14(8-10(15)16)13-11(17)12-7-9-5-3-2-4-6-9;1-2-7-4(6)3-5/h2-6H,7-8H2,1H3,(H,15,16)(H2,12,13,17);2-3H2,1H3. The number of hydrogen-bond acceptors (Lipinski definition) is 5. The number of carboxylic acids is 1. The highest BCUT2D eigenvalue weighted by atomic mass is 79.9. The molecule has 0 unspecified atom stereocenters. The molecule has 0 heterocycles. The lowest BCUT2D eigenvalue weighted by molar-refractivity contribution is -0.140. The van der Waals surface area contributed by atoms with E-state index in [0.717, 1.165) is 5.56 Å². The summed E-state index contributed by atoms with van der Waals surface area (Å²) in [5, 5.41) is 12.6. The van der Waals surface area contributed by atoms with Gasteiger partial charge in [-0.2, -0.15) is 0 Å². The van der Waals surface area contributed by atoms with Crippen LogP contribution >= 0.6 is 15.9 Å². The minimum atomic E-state index is -1.00. The van der Waals surface area contributed by atoms with E-state index in [-0.39, 0.29) is 12.5 Å². The molecule has 0 saturated heterocycles. The summed E-state index contributed by atoms with van der Waals surface area (Å²) in [5.74, 6) is -1.21. The van der Waals surface area contributed by atoms with E-state index in [1.807, 2.05) is 30.3 Å². The molecule has 0 aromatic heterocycles. The van der Waals surface area contributed by atoms with Gasteiger partial charge in [0, 0.05) is 13.6 Å². The van der Waals surface area contributed by atoms with E-state index in [0.29, 0.717) is 18.5 Å². The van der Waals surface area contributed by atoms with Crippen molar-refractivity contribution in [1.29, 1.82) is 0 Å². The van der Waals surface area contributed by atoms with Crippen molar-refractivity contribution in [2.75, 3.05) is 25.5 Å². The number of rotatable bonds is 7. The Kier molecular flexibility index (Phi) is 12.1. The lowest BCUT2D eigenvalue weighted by Gasteiger charge is -2.16. The van der Waals surface area contributed by atoms with Gasteiger partial charge in [0.2, 0.25) is 0 Å². The van der Waals surface area contributed by atoms with Crippen LogP contribution in [0.25, 0.3) is 0 Å². The molecule has 24 heavy (non-hydrogen) atoms. The molecule has 0 saturated carbocycles. The second-order valence-corrected chi connectivity index (χ2v) is 5.03. The first-order chi connectivity index (χ1) is 11.4. The van der Waals surface area contributed by atoms with Crippen LogP contribution in [0.3, 0.4) is 0 Å². The highest BCUT2D eigenvalue weighted by Crippen LogP contribution is 1.96. The molecule has 1 rings (SSSR count). The number of esters is 1. The summed E-state index contributed by atoms with van der Waals surface area (Å²) in [5.41, 5.74) is 3.36. The van der Waals surface area contributed by atoms with Crippen molar-refractivity contribution < 1.29 is 24.2 Å². The van der Waals surface area contributed by atoms with Crippen molar-refractivity contribution in [3.05, 3.63) is 35.9 Å². The summed E-state index contributed by atoms with van der Waals surface area (Å²) in [7, 11) is 1.48. The third-order valence-electron chi connectivity index (χ3n) is 2.38. The average Bonchev–Trinajstić information content (AvgIpc) is 2.54. The molecule has 2 amide bonds. The van der Waals surface area contributed by atoms with Crippen LogP contribution in [-0.2, 0) is 20.9 Å². The predicted octanol–water partition coefficient (Wildman–Crippen LogP) is 1.36. The number of alkyl halides is 1. The zero-order chi connectivity index (χ0) is 18.4. The number of ether oxygens (including phenoxy) is 1. The number of hydrazine groups is 1. The molecular formula is C15H22BrN3O5. The number of carbonyl (C=O) groups is 3. The molecular weight excluding hydrogens is 382 g/mol. The van der Waals surface area contributed by atoms with Crippen molar-refractivity contribution in [3.8, 4) is 0 Å². The maximum atomic E-state index is 11.4. The molecule has 0 bridgehead atoms. The summed E-state index contributed by atoms with van der Waals surface area (Å²) in [4.78, 5) is 31.9. The van der Waals surface area contributed by atoms with Crippen LogP contribution in [0, 0.1) is 0 Å². The summed E-state index contributed by atoms with van der Waals surface area (Å²) in [6, 6.07) is 9.00. The third kappa shape index (κ3) is 12.4. The van der Waals surface area contributed by atoms with E-state index < -0.39 is 12.0 Å². The SMILES string of the molecule is CCOC(=O)CBr.CN(CC(=O)O)NC(=O)NCc1ccccc1. The number of carboxylic acid groups (broad SMARTS) is 1. The molecule has 0 atom stereocenters. The molecule has 0 radical (unpaired) electrons. The molecule has 0 aliphatic heterocycles. The lowest BCUT2D eigenvalue weighted by atomic mass is 10.2. The quantitative estimate of drug-likeness (QED) is 0.360. The minimum Gasteiger partial charge on any atom is -0.480 e. The van der Waals surface area contributed by atoms with Crippen molar-refractivity contribution in [2.45, 2.75) is 13.5 Å². The maximum absolute atomic E-state index is 11.4. The molecule has 0 aliphatic rings. The zero-order valence-electron chi connectivity index (χ0n) is 13.6. The van der Waals surface area contributed by atoms with Crippen LogP contribution in [0.15, 0.2) is 30.3 Å². The Hall–Kier alpha value is -2.13. The minimum absolute atomic E-state index is 0.206. The van der Waals surface area contributed by atoms with Gasteiger partial charge in [-0.3, -0.25) is 15.0 Å². The van der Waals surface area contributed by atoms with Gasteiger partial charge in [0.05, 0.1) is 6.61 Å². The fourth-order valence-corrected chi connectivity index (χ4v) is 1.59. The molecule has 1 aromatic carbocycles. The second-order valence-electron chi connectivity index (χ2n) is 4.47. The summed E-state index contributed by atoms with van der Waals surface area (Å²) >= 11 is 2.94. The first kappa shape index (κ1) is 21.9. The number of nitrogens with zero attached hydrogens (tertiary/aromatic N) is 1. The van der Waals surface area contributed by atoms with E-state index >= 15 is 0 Å². The van der Waals surface area contributed by atoms with Crippen LogP contribution in [0.5, 0.6) is 0 Å². The van der Waals surface area contributed by atoms with Crippen molar-refractivity contribution in [3.63, 3.8) is 0 Å². The van der Waals surface area contributed by atoms with Gasteiger partial charge >= 0.3 is 18.0 Å². The first-order valence-electron chi connectivity index (χ1n) is 7.12. The van der Waals surface area contributed by atoms with Gasteiger partial charge in [-0.15, -0.1) is 0 Å². The number of carbonyl (C=O) groups excluding carboxylic acids is 2. The number of likely N-dealkylation sites (N-methyl/N-ethyl adjacent to an activating group) is 1. The Labute approximate surface area is 149 Å². The molecule has 0 fully saturated rings. The van der Waals surface area contributed by atoms with E-state index in [1.165, 1.54) is 12.1 Å². The van der Waals surface area contributed by atoms with Crippen LogP contribution in [0.4, 0.5) is 4.79 Å². The number of halogens is 1. The smallest absolute Gasteiger partial charge is 0.329 e. The third-order valence-corrected chi connectivity index (χ3v) is 2.83. The number of amides is 2. The fourth-order valence-electron chi connectivity index (χ4n) is 1.43. The molecule has 8 nitrogen and oxygen atoms in total. The number of benzene rings is 1. The van der Waals surface area contributed by atoms with E-state index in [2.05, 4.69) is 31.4 Å². The number of aliphatic carboxylic acids is 1. The van der Waals surface area contributed by atoms with E-state index in [1.54, 1.807) is 6.92 Å². The van der Waals surface area contributed by atoms with Crippen LogP contribution in [0.1, 0.15) is 12.5 Å². The van der Waals surface area contributed by atoms with Crippen LogP contribution in [0.2, 0.25) is 0 Å². The fraction of sp³-hybridized carbons (Fsp3) is 0.400. The Morgan fingerprint density at radius 1 is 1.25 bits per heavy atom. The molecule has 0 aliphatic carbocycles. The van der Waals surface area contributed by atoms with Gasteiger partial charge in [-0.05, 0) is 12.5 Å². The van der Waals surface area contributed by atoms with Crippen molar-refractivity contribution >= 4 is 33.9 Å². The molecule has 0 spiro atoms. The average molecular weight is 404 g/mol. The highest BCUT2D eigenvalue weighted by molar-refractivity contribution is 9.09. The Bertz CT molecular complexity index is 513. The van der Waals surface area contributed by atoms with Gasteiger partial charge in [0.15, 0.2) is 0 Å². The van der Waals surface area contributed by atoms with Gasteiger partial charge in [-0.25, -0.2) is 9.80 Å². The molecule has 1 aromatic rings. The maximum Gasteiger partial charge on any atom is 0.329 e.